The Hall–Kier alpha value is -1.69. The number of rotatable bonds is 42. The van der Waals surface area contributed by atoms with Crippen LogP contribution in [0.2, 0.25) is 0 Å². The summed E-state index contributed by atoms with van der Waals surface area (Å²) in [5.74, 6) is -0.162. The number of aliphatic hydroxyl groups is 3. The van der Waals surface area contributed by atoms with Crippen molar-refractivity contribution in [1.29, 1.82) is 0 Å². The molecule has 0 radical (unpaired) electrons. The van der Waals surface area contributed by atoms with Crippen molar-refractivity contribution in [3.8, 4) is 0 Å². The highest BCUT2D eigenvalue weighted by atomic mass is 16.3. The van der Waals surface area contributed by atoms with Crippen LogP contribution >= 0.6 is 0 Å². The Balaban J connectivity index is 3.62. The highest BCUT2D eigenvalue weighted by molar-refractivity contribution is 5.76. The number of carbonyl (C=O) groups is 1. The van der Waals surface area contributed by atoms with Gasteiger partial charge in [0.15, 0.2) is 0 Å². The summed E-state index contributed by atoms with van der Waals surface area (Å²) in [6.45, 7) is 4.14. The lowest BCUT2D eigenvalue weighted by Crippen LogP contribution is -2.50. The average Bonchev–Trinajstić information content (AvgIpc) is 3.18. The van der Waals surface area contributed by atoms with Gasteiger partial charge in [-0.1, -0.05) is 191 Å². The van der Waals surface area contributed by atoms with E-state index < -0.39 is 18.2 Å². The van der Waals surface area contributed by atoms with Gasteiger partial charge in [-0.15, -0.1) is 0 Å². The third kappa shape index (κ3) is 38.6. The van der Waals surface area contributed by atoms with Crippen LogP contribution in [-0.2, 0) is 4.79 Å². The maximum Gasteiger partial charge on any atom is 0.220 e. The van der Waals surface area contributed by atoms with Crippen LogP contribution in [0.25, 0.3) is 0 Å². The molecule has 3 unspecified atom stereocenters. The summed E-state index contributed by atoms with van der Waals surface area (Å²) in [7, 11) is 0. The summed E-state index contributed by atoms with van der Waals surface area (Å²) < 4.78 is 0. The normalized spacial score (nSPS) is 13.9. The van der Waals surface area contributed by atoms with Crippen LogP contribution in [0.1, 0.15) is 232 Å². The Bertz CT molecular complexity index is 881. The molecule has 3 atom stereocenters. The molecule has 54 heavy (non-hydrogen) atoms. The van der Waals surface area contributed by atoms with Crippen molar-refractivity contribution in [1.82, 2.24) is 5.32 Å². The van der Waals surface area contributed by atoms with Crippen molar-refractivity contribution in [3.63, 3.8) is 0 Å². The number of aliphatic hydroxyl groups excluding tert-OH is 3. The predicted molar refractivity (Wildman–Crippen MR) is 236 cm³/mol. The fraction of sp³-hybridized carbons (Fsp3) is 0.816. The van der Waals surface area contributed by atoms with Crippen molar-refractivity contribution in [2.45, 2.75) is 250 Å². The second-order valence-corrected chi connectivity index (χ2v) is 15.9. The van der Waals surface area contributed by atoms with Crippen LogP contribution in [0.15, 0.2) is 48.6 Å². The predicted octanol–water partition coefficient (Wildman–Crippen LogP) is 13.7. The Morgan fingerprint density at radius 2 is 0.815 bits per heavy atom. The van der Waals surface area contributed by atoms with Gasteiger partial charge in [-0.25, -0.2) is 0 Å². The molecule has 0 saturated carbocycles. The highest BCUT2D eigenvalue weighted by Gasteiger charge is 2.26. The maximum absolute atomic E-state index is 12.4. The van der Waals surface area contributed by atoms with Crippen LogP contribution in [0, 0.1) is 0 Å². The Kier molecular flexibility index (Phi) is 42.7. The molecule has 0 rings (SSSR count). The molecule has 0 bridgehead atoms. The number of allylic oxidation sites excluding steroid dienone is 8. The van der Waals surface area contributed by atoms with E-state index in [1.807, 2.05) is 0 Å². The van der Waals surface area contributed by atoms with E-state index in [9.17, 15) is 20.1 Å². The summed E-state index contributed by atoms with van der Waals surface area (Å²) in [5, 5.41) is 33.5. The zero-order valence-corrected chi connectivity index (χ0v) is 35.8. The van der Waals surface area contributed by atoms with E-state index >= 15 is 0 Å². The molecule has 0 aromatic rings. The largest absolute Gasteiger partial charge is 0.394 e. The van der Waals surface area contributed by atoms with Crippen molar-refractivity contribution in [2.75, 3.05) is 6.61 Å². The second-order valence-electron chi connectivity index (χ2n) is 15.9. The molecule has 0 fully saturated rings. The van der Waals surface area contributed by atoms with Crippen LogP contribution in [-0.4, -0.2) is 46.1 Å². The molecule has 4 N–H and O–H groups in total. The number of carbonyl (C=O) groups excluding carboxylic acids is 1. The van der Waals surface area contributed by atoms with E-state index in [-0.39, 0.29) is 12.5 Å². The number of hydrogen-bond donors (Lipinski definition) is 4. The average molecular weight is 758 g/mol. The van der Waals surface area contributed by atoms with Gasteiger partial charge in [0, 0.05) is 6.42 Å². The van der Waals surface area contributed by atoms with Gasteiger partial charge in [0.2, 0.25) is 5.91 Å². The number of amides is 1. The number of nitrogens with one attached hydrogen (secondary N) is 1. The Labute approximate surface area is 336 Å². The monoisotopic (exact) mass is 758 g/mol. The first-order chi connectivity index (χ1) is 26.6. The molecule has 0 aromatic heterocycles. The van der Waals surface area contributed by atoms with Crippen LogP contribution in [0.4, 0.5) is 0 Å². The molecule has 0 aliphatic heterocycles. The van der Waals surface area contributed by atoms with Crippen molar-refractivity contribution in [3.05, 3.63) is 48.6 Å². The minimum Gasteiger partial charge on any atom is -0.394 e. The smallest absolute Gasteiger partial charge is 0.220 e. The first-order valence-corrected chi connectivity index (χ1v) is 23.4. The molecular formula is C49H91NO4. The molecule has 0 aliphatic rings. The van der Waals surface area contributed by atoms with Gasteiger partial charge in [0.05, 0.1) is 18.8 Å². The molecule has 0 saturated heterocycles. The van der Waals surface area contributed by atoms with E-state index in [0.29, 0.717) is 12.8 Å². The Morgan fingerprint density at radius 1 is 0.463 bits per heavy atom. The van der Waals surface area contributed by atoms with E-state index in [1.165, 1.54) is 154 Å². The second kappa shape index (κ2) is 44.0. The van der Waals surface area contributed by atoms with Crippen LogP contribution in [0.3, 0.4) is 0 Å². The molecule has 0 aliphatic carbocycles. The van der Waals surface area contributed by atoms with Crippen molar-refractivity contribution in [2.24, 2.45) is 0 Å². The van der Waals surface area contributed by atoms with E-state index in [0.717, 1.165) is 51.4 Å². The lowest BCUT2D eigenvalue weighted by molar-refractivity contribution is -0.124. The first kappa shape index (κ1) is 52.3. The SMILES string of the molecule is CCCCCC/C=C/CC/C=C/CCCC(O)C(O)C(CO)NC(=O)CCCCCCCCCCCCC/C=C\C/C=C\CCCCCCCCCCC. The fourth-order valence-corrected chi connectivity index (χ4v) is 6.97. The van der Waals surface area contributed by atoms with Gasteiger partial charge in [-0.3, -0.25) is 4.79 Å². The van der Waals surface area contributed by atoms with Crippen molar-refractivity contribution < 1.29 is 20.1 Å². The molecule has 1 amide bonds. The minimum atomic E-state index is -1.17. The van der Waals surface area contributed by atoms with Gasteiger partial charge in [0.1, 0.15) is 6.10 Å². The third-order valence-electron chi connectivity index (χ3n) is 10.6. The maximum atomic E-state index is 12.4. The quantitative estimate of drug-likeness (QED) is 0.0369. The molecule has 0 heterocycles. The molecule has 0 spiro atoms. The molecular weight excluding hydrogens is 667 g/mol. The van der Waals surface area contributed by atoms with Gasteiger partial charge < -0.3 is 20.6 Å². The lowest BCUT2D eigenvalue weighted by Gasteiger charge is -2.26. The summed E-state index contributed by atoms with van der Waals surface area (Å²) in [6.07, 6.45) is 56.6. The first-order valence-electron chi connectivity index (χ1n) is 23.4. The van der Waals surface area contributed by atoms with Crippen LogP contribution in [0.5, 0.6) is 0 Å². The zero-order chi connectivity index (χ0) is 39.4. The Morgan fingerprint density at radius 3 is 1.26 bits per heavy atom. The summed E-state index contributed by atoms with van der Waals surface area (Å²) >= 11 is 0. The number of hydrogen-bond acceptors (Lipinski definition) is 4. The summed E-state index contributed by atoms with van der Waals surface area (Å²) in [4.78, 5) is 12.4. The van der Waals surface area contributed by atoms with Gasteiger partial charge in [-0.05, 0) is 83.5 Å². The molecule has 316 valence electrons. The summed E-state index contributed by atoms with van der Waals surface area (Å²) in [6, 6.07) is -0.834. The van der Waals surface area contributed by atoms with Crippen molar-refractivity contribution >= 4 is 5.91 Å². The molecule has 5 heteroatoms. The third-order valence-corrected chi connectivity index (χ3v) is 10.6. The van der Waals surface area contributed by atoms with Crippen LogP contribution < -0.4 is 5.32 Å². The van der Waals surface area contributed by atoms with Gasteiger partial charge in [0.25, 0.3) is 0 Å². The van der Waals surface area contributed by atoms with Gasteiger partial charge in [-0.2, -0.15) is 0 Å². The van der Waals surface area contributed by atoms with Gasteiger partial charge >= 0.3 is 0 Å². The molecule has 5 nitrogen and oxygen atoms in total. The van der Waals surface area contributed by atoms with E-state index in [2.05, 4.69) is 67.8 Å². The fourth-order valence-electron chi connectivity index (χ4n) is 6.97. The molecule has 0 aromatic carbocycles. The highest BCUT2D eigenvalue weighted by Crippen LogP contribution is 2.15. The lowest BCUT2D eigenvalue weighted by atomic mass is 10.0. The zero-order valence-electron chi connectivity index (χ0n) is 35.8. The van der Waals surface area contributed by atoms with E-state index in [1.54, 1.807) is 0 Å². The summed E-state index contributed by atoms with van der Waals surface area (Å²) in [5.41, 5.74) is 0. The minimum absolute atomic E-state index is 0.162. The van der Waals surface area contributed by atoms with E-state index in [4.69, 9.17) is 0 Å². The topological polar surface area (TPSA) is 89.8 Å². The standard InChI is InChI=1S/C49H91NO4/c1-3-5-7-9-11-13-15-17-18-19-20-21-22-23-24-25-26-27-28-29-30-32-34-36-38-40-42-44-48(53)50-46(45-51)49(54)47(52)43-41-39-37-35-33-31-16-14-12-10-8-6-4-2/h14,16,20-21,23-24,35,37,46-47,49,51-52,54H,3-13,15,17-19,22,25-34,36,38-45H2,1-2H3,(H,50,53)/b16-14+,21-20-,24-23-,37-35+. The number of unbranched alkanes of at least 4 members (excludes halogenated alkanes) is 26.